The second kappa shape index (κ2) is 11.9. The van der Waals surface area contributed by atoms with Crippen LogP contribution in [0.2, 0.25) is 0 Å². The molecule has 4 rings (SSSR count). The van der Waals surface area contributed by atoms with Crippen LogP contribution in [-0.2, 0) is 14.9 Å². The van der Waals surface area contributed by atoms with Crippen LogP contribution in [0.25, 0.3) is 0 Å². The van der Waals surface area contributed by atoms with Crippen molar-refractivity contribution in [1.29, 1.82) is 0 Å². The molecule has 1 atom stereocenters. The number of esters is 1. The molecule has 5 heteroatoms. The molecule has 0 bridgehead atoms. The molecule has 3 nitrogen and oxygen atoms in total. The number of piperidine rings is 1. The van der Waals surface area contributed by atoms with Gasteiger partial charge in [0.15, 0.2) is 0 Å². The normalized spacial score (nSPS) is 16.4. The third kappa shape index (κ3) is 5.71. The molecule has 0 saturated carbocycles. The Labute approximate surface area is 212 Å². The average Bonchev–Trinajstić information content (AvgIpc) is 2.85. The molecule has 0 aliphatic carbocycles. The maximum atomic E-state index is 13.4. The lowest BCUT2D eigenvalue weighted by molar-refractivity contribution is -0.152. The summed E-state index contributed by atoms with van der Waals surface area (Å²) in [5.74, 6) is -0.0897. The molecular weight excluding hydrogens is 494 g/mol. The van der Waals surface area contributed by atoms with E-state index in [4.69, 9.17) is 4.74 Å². The predicted molar refractivity (Wildman–Crippen MR) is 141 cm³/mol. The van der Waals surface area contributed by atoms with Crippen molar-refractivity contribution in [2.24, 2.45) is 0 Å². The van der Waals surface area contributed by atoms with Gasteiger partial charge in [-0.15, -0.1) is 17.0 Å². The van der Waals surface area contributed by atoms with E-state index in [9.17, 15) is 4.79 Å². The number of carbonyl (C=O) groups is 1. The van der Waals surface area contributed by atoms with E-state index in [1.165, 1.54) is 10.5 Å². The van der Waals surface area contributed by atoms with Crippen molar-refractivity contribution in [2.45, 2.75) is 47.9 Å². The molecule has 1 unspecified atom stereocenters. The molecule has 174 valence electrons. The zero-order valence-corrected chi connectivity index (χ0v) is 21.8. The molecule has 0 radical (unpaired) electrons. The third-order valence-corrected chi connectivity index (χ3v) is 7.60. The summed E-state index contributed by atoms with van der Waals surface area (Å²) in [5.41, 5.74) is 1.80. The predicted octanol–water partition coefficient (Wildman–Crippen LogP) is 7.07. The van der Waals surface area contributed by atoms with E-state index in [2.05, 4.69) is 84.6 Å². The number of benzene rings is 3. The first-order valence-corrected chi connectivity index (χ1v) is 12.2. The first-order valence-electron chi connectivity index (χ1n) is 11.4. The highest BCUT2D eigenvalue weighted by Crippen LogP contribution is 2.44. The van der Waals surface area contributed by atoms with Crippen molar-refractivity contribution in [2.75, 3.05) is 19.7 Å². The van der Waals surface area contributed by atoms with Gasteiger partial charge < -0.3 is 4.74 Å². The van der Waals surface area contributed by atoms with Gasteiger partial charge >= 0.3 is 5.97 Å². The molecule has 1 saturated heterocycles. The summed E-state index contributed by atoms with van der Waals surface area (Å²) in [4.78, 5) is 18.2. The molecule has 0 aromatic heterocycles. The van der Waals surface area contributed by atoms with Crippen molar-refractivity contribution < 1.29 is 9.53 Å². The smallest absolute Gasteiger partial charge is 0.316 e. The molecule has 0 N–H and O–H groups in total. The van der Waals surface area contributed by atoms with Crippen LogP contribution in [-0.4, -0.2) is 30.6 Å². The van der Waals surface area contributed by atoms with Crippen LogP contribution >= 0.6 is 28.7 Å². The van der Waals surface area contributed by atoms with Gasteiger partial charge in [0.05, 0.1) is 12.0 Å². The Morgan fingerprint density at radius 1 is 0.939 bits per heavy atom. The molecule has 1 aliphatic rings. The monoisotopic (exact) mass is 525 g/mol. The third-order valence-electron chi connectivity index (χ3n) is 6.52. The van der Waals surface area contributed by atoms with Gasteiger partial charge in [0.2, 0.25) is 0 Å². The molecule has 1 aliphatic heterocycles. The van der Waals surface area contributed by atoms with Gasteiger partial charge in [-0.3, -0.25) is 9.69 Å². The van der Waals surface area contributed by atoms with Gasteiger partial charge in [-0.1, -0.05) is 78.5 Å². The summed E-state index contributed by atoms with van der Waals surface area (Å²) in [6.07, 6.45) is 1.52. The fourth-order valence-electron chi connectivity index (χ4n) is 4.65. The lowest BCUT2D eigenvalue weighted by Crippen LogP contribution is -2.48. The average molecular weight is 527 g/mol. The largest absolute Gasteiger partial charge is 0.465 e. The fraction of sp³-hybridized carbons (Fsp3) is 0.321. The summed E-state index contributed by atoms with van der Waals surface area (Å²) in [6.45, 7) is 6.27. The highest BCUT2D eigenvalue weighted by Gasteiger charge is 2.46. The van der Waals surface area contributed by atoms with Crippen molar-refractivity contribution in [3.63, 3.8) is 0 Å². The fourth-order valence-corrected chi connectivity index (χ4v) is 5.72. The Morgan fingerprint density at radius 2 is 1.52 bits per heavy atom. The first kappa shape index (κ1) is 25.5. The van der Waals surface area contributed by atoms with E-state index in [1.807, 2.05) is 19.1 Å². The molecule has 33 heavy (non-hydrogen) atoms. The van der Waals surface area contributed by atoms with Gasteiger partial charge in [0.1, 0.15) is 0 Å². The standard InChI is InChI=1S/C28H31NO2S.BrH/c1-3-31-27(30)28(18-20-29(21-19-28)22(2)23-12-6-4-7-13-23)25-16-10-11-17-26(25)32-24-14-8-5-9-15-24;/h4-17,22H,3,18-21H2,1-2H3;1H. The summed E-state index contributed by atoms with van der Waals surface area (Å²) >= 11 is 1.72. The Morgan fingerprint density at radius 3 is 2.15 bits per heavy atom. The van der Waals surface area contributed by atoms with Crippen molar-refractivity contribution >= 4 is 34.7 Å². The molecule has 0 amide bonds. The Hall–Kier alpha value is -2.08. The van der Waals surface area contributed by atoms with Crippen LogP contribution in [0.3, 0.4) is 0 Å². The van der Waals surface area contributed by atoms with Gasteiger partial charge in [-0.05, 0) is 56.0 Å². The second-order valence-electron chi connectivity index (χ2n) is 8.34. The minimum atomic E-state index is -0.610. The van der Waals surface area contributed by atoms with Crippen LogP contribution in [0.15, 0.2) is 94.7 Å². The van der Waals surface area contributed by atoms with Crippen LogP contribution < -0.4 is 0 Å². The van der Waals surface area contributed by atoms with E-state index in [0.29, 0.717) is 12.6 Å². The van der Waals surface area contributed by atoms with E-state index in [1.54, 1.807) is 11.8 Å². The lowest BCUT2D eigenvalue weighted by Gasteiger charge is -2.43. The zero-order chi connectivity index (χ0) is 22.4. The Balaban J connectivity index is 0.00000306. The van der Waals surface area contributed by atoms with Crippen molar-refractivity contribution in [1.82, 2.24) is 4.90 Å². The van der Waals surface area contributed by atoms with Crippen molar-refractivity contribution in [3.05, 3.63) is 96.1 Å². The number of likely N-dealkylation sites (tertiary alicyclic amines) is 1. The number of halogens is 1. The van der Waals surface area contributed by atoms with E-state index >= 15 is 0 Å². The summed E-state index contributed by atoms with van der Waals surface area (Å²) in [6, 6.07) is 29.6. The number of nitrogens with zero attached hydrogens (tertiary/aromatic N) is 1. The van der Waals surface area contributed by atoms with E-state index in [0.717, 1.165) is 36.4 Å². The highest BCUT2D eigenvalue weighted by atomic mass is 79.9. The quantitative estimate of drug-likeness (QED) is 0.308. The summed E-state index contributed by atoms with van der Waals surface area (Å²) < 4.78 is 5.66. The minimum absolute atomic E-state index is 0. The maximum absolute atomic E-state index is 13.4. The SMILES string of the molecule is Br.CCOC(=O)C1(c2ccccc2Sc2ccccc2)CCN(C(C)c2ccccc2)CC1. The van der Waals surface area contributed by atoms with Crippen LogP contribution in [0.1, 0.15) is 43.9 Å². The van der Waals surface area contributed by atoms with Gasteiger partial charge in [-0.2, -0.15) is 0 Å². The molecule has 3 aromatic carbocycles. The molecule has 0 spiro atoms. The topological polar surface area (TPSA) is 29.5 Å². The highest BCUT2D eigenvalue weighted by molar-refractivity contribution is 8.93. The van der Waals surface area contributed by atoms with Gasteiger partial charge in [0, 0.05) is 28.9 Å². The lowest BCUT2D eigenvalue weighted by atomic mass is 9.72. The van der Waals surface area contributed by atoms with Crippen LogP contribution in [0.4, 0.5) is 0 Å². The Bertz CT molecular complexity index is 1020. The summed E-state index contributed by atoms with van der Waals surface area (Å²) in [5, 5.41) is 0. The number of ether oxygens (including phenoxy) is 1. The van der Waals surface area contributed by atoms with Crippen molar-refractivity contribution in [3.8, 4) is 0 Å². The first-order chi connectivity index (χ1) is 15.6. The maximum Gasteiger partial charge on any atom is 0.316 e. The van der Waals surface area contributed by atoms with Gasteiger partial charge in [-0.25, -0.2) is 0 Å². The van der Waals surface area contributed by atoms with Gasteiger partial charge in [0.25, 0.3) is 0 Å². The van der Waals surface area contributed by atoms with Crippen LogP contribution in [0.5, 0.6) is 0 Å². The van der Waals surface area contributed by atoms with Crippen LogP contribution in [0, 0.1) is 0 Å². The molecular formula is C28H32BrNO2S. The number of hydrogen-bond acceptors (Lipinski definition) is 4. The minimum Gasteiger partial charge on any atom is -0.465 e. The van der Waals surface area contributed by atoms with E-state index < -0.39 is 5.41 Å². The summed E-state index contributed by atoms with van der Waals surface area (Å²) in [7, 11) is 0. The second-order valence-corrected chi connectivity index (χ2v) is 9.45. The molecule has 1 fully saturated rings. The zero-order valence-electron chi connectivity index (χ0n) is 19.3. The Kier molecular flexibility index (Phi) is 9.19. The molecule has 1 heterocycles. The number of rotatable bonds is 7. The molecule has 3 aromatic rings. The number of hydrogen-bond donors (Lipinski definition) is 0. The van der Waals surface area contributed by atoms with E-state index in [-0.39, 0.29) is 23.0 Å². The number of carbonyl (C=O) groups excluding carboxylic acids is 1.